The molecule has 0 aromatic heterocycles. The summed E-state index contributed by atoms with van der Waals surface area (Å²) in [6, 6.07) is 3.56. The number of rotatable bonds is 0. The number of nitrogens with one attached hydrogen (secondary N) is 1. The van der Waals surface area contributed by atoms with Crippen LogP contribution >= 0.6 is 0 Å². The van der Waals surface area contributed by atoms with Crippen molar-refractivity contribution in [1.82, 2.24) is 0 Å². The average molecular weight is 245 g/mol. The first-order chi connectivity index (χ1) is 7.89. The van der Waals surface area contributed by atoms with Gasteiger partial charge in [0.1, 0.15) is 0 Å². The monoisotopic (exact) mass is 245 g/mol. The second kappa shape index (κ2) is 3.94. The molecule has 1 aliphatic rings. The number of anilines is 1. The van der Waals surface area contributed by atoms with Crippen molar-refractivity contribution in [3.05, 3.63) is 23.8 Å². The summed E-state index contributed by atoms with van der Waals surface area (Å²) >= 11 is 0. The molecule has 1 amide bonds. The molecular formula is C11H10F3NO2. The molecule has 0 aliphatic carbocycles. The van der Waals surface area contributed by atoms with Gasteiger partial charge in [-0.25, -0.2) is 0 Å². The van der Waals surface area contributed by atoms with Crippen LogP contribution in [0.4, 0.5) is 18.9 Å². The van der Waals surface area contributed by atoms with Gasteiger partial charge < -0.3 is 10.1 Å². The molecule has 1 aromatic carbocycles. The van der Waals surface area contributed by atoms with Crippen LogP contribution in [0.2, 0.25) is 0 Å². The largest absolute Gasteiger partial charge is 0.490 e. The normalized spacial score (nSPS) is 20.0. The van der Waals surface area contributed by atoms with Gasteiger partial charge in [0, 0.05) is 0 Å². The lowest BCUT2D eigenvalue weighted by atomic mass is 10.1. The van der Waals surface area contributed by atoms with Crippen molar-refractivity contribution in [2.24, 2.45) is 5.92 Å². The van der Waals surface area contributed by atoms with Crippen LogP contribution in [0.15, 0.2) is 18.2 Å². The van der Waals surface area contributed by atoms with E-state index in [4.69, 9.17) is 4.74 Å². The van der Waals surface area contributed by atoms with Gasteiger partial charge in [-0.15, -0.1) is 0 Å². The second-order valence-corrected chi connectivity index (χ2v) is 3.88. The number of para-hydroxylation sites is 1. The molecule has 6 heteroatoms. The fraction of sp³-hybridized carbons (Fsp3) is 0.364. The fourth-order valence-corrected chi connectivity index (χ4v) is 1.55. The van der Waals surface area contributed by atoms with E-state index in [-0.39, 0.29) is 24.0 Å². The second-order valence-electron chi connectivity index (χ2n) is 3.88. The van der Waals surface area contributed by atoms with Crippen molar-refractivity contribution >= 4 is 11.6 Å². The number of fused-ring (bicyclic) bond motifs is 1. The van der Waals surface area contributed by atoms with Gasteiger partial charge in [0.15, 0.2) is 5.75 Å². The molecule has 17 heavy (non-hydrogen) atoms. The summed E-state index contributed by atoms with van der Waals surface area (Å²) in [6.45, 7) is 1.53. The molecule has 1 aliphatic heterocycles. The molecule has 0 saturated heterocycles. The van der Waals surface area contributed by atoms with Crippen molar-refractivity contribution in [1.29, 1.82) is 0 Å². The van der Waals surface area contributed by atoms with Crippen molar-refractivity contribution in [3.63, 3.8) is 0 Å². The maximum absolute atomic E-state index is 12.7. The summed E-state index contributed by atoms with van der Waals surface area (Å²) in [5.74, 6) is -1.13. The smallest absolute Gasteiger partial charge is 0.420 e. The number of amides is 1. The topological polar surface area (TPSA) is 38.3 Å². The Bertz CT molecular complexity index is 457. The van der Waals surface area contributed by atoms with Crippen molar-refractivity contribution in [2.45, 2.75) is 13.1 Å². The lowest BCUT2D eigenvalue weighted by molar-refractivity contribution is -0.138. The van der Waals surface area contributed by atoms with Crippen LogP contribution in [0.5, 0.6) is 5.75 Å². The summed E-state index contributed by atoms with van der Waals surface area (Å²) in [5.41, 5.74) is -0.807. The number of carbonyl (C=O) groups excluding carboxylic acids is 1. The van der Waals surface area contributed by atoms with E-state index < -0.39 is 17.7 Å². The Hall–Kier alpha value is -1.72. The molecule has 92 valence electrons. The van der Waals surface area contributed by atoms with Crippen molar-refractivity contribution in [3.8, 4) is 5.75 Å². The Balaban J connectivity index is 2.49. The molecule has 1 aromatic rings. The van der Waals surface area contributed by atoms with E-state index >= 15 is 0 Å². The summed E-state index contributed by atoms with van der Waals surface area (Å²) in [7, 11) is 0. The molecule has 0 fully saturated rings. The minimum Gasteiger partial charge on any atom is -0.490 e. The number of hydrogen-bond acceptors (Lipinski definition) is 2. The highest BCUT2D eigenvalue weighted by atomic mass is 19.4. The highest BCUT2D eigenvalue weighted by Gasteiger charge is 2.36. The maximum Gasteiger partial charge on any atom is 0.420 e. The molecule has 2 rings (SSSR count). The van der Waals surface area contributed by atoms with Crippen molar-refractivity contribution < 1.29 is 22.7 Å². The molecule has 1 N–H and O–H groups in total. The minimum absolute atomic E-state index is 0.0636. The molecule has 1 heterocycles. The van der Waals surface area contributed by atoms with E-state index in [0.717, 1.165) is 6.07 Å². The molecule has 1 unspecified atom stereocenters. The van der Waals surface area contributed by atoms with E-state index in [1.54, 1.807) is 6.92 Å². The van der Waals surface area contributed by atoms with Gasteiger partial charge in [-0.05, 0) is 12.1 Å². The zero-order valence-corrected chi connectivity index (χ0v) is 8.97. The Morgan fingerprint density at radius 2 is 2.12 bits per heavy atom. The predicted molar refractivity (Wildman–Crippen MR) is 54.7 cm³/mol. The minimum atomic E-state index is -4.50. The number of hydrogen-bond donors (Lipinski definition) is 1. The third-order valence-electron chi connectivity index (χ3n) is 2.50. The average Bonchev–Trinajstić information content (AvgIpc) is 2.37. The molecule has 1 atom stereocenters. The van der Waals surface area contributed by atoms with Gasteiger partial charge in [0.2, 0.25) is 5.91 Å². The van der Waals surface area contributed by atoms with Crippen LogP contribution in [0, 0.1) is 5.92 Å². The molecule has 0 saturated carbocycles. The highest BCUT2D eigenvalue weighted by molar-refractivity contribution is 5.94. The van der Waals surface area contributed by atoms with Crippen LogP contribution in [0.1, 0.15) is 12.5 Å². The first kappa shape index (κ1) is 11.8. The molecule has 0 spiro atoms. The Kier molecular flexibility index (Phi) is 2.73. The maximum atomic E-state index is 12.7. The zero-order valence-electron chi connectivity index (χ0n) is 8.97. The van der Waals surface area contributed by atoms with E-state index in [9.17, 15) is 18.0 Å². The van der Waals surface area contributed by atoms with E-state index in [2.05, 4.69) is 5.32 Å². The van der Waals surface area contributed by atoms with Gasteiger partial charge in [-0.3, -0.25) is 4.79 Å². The third-order valence-corrected chi connectivity index (χ3v) is 2.50. The number of halogens is 3. The summed E-state index contributed by atoms with van der Waals surface area (Å²) < 4.78 is 43.2. The summed E-state index contributed by atoms with van der Waals surface area (Å²) in [6.07, 6.45) is -4.50. The number of benzene rings is 1. The Labute approximate surface area is 95.6 Å². The number of carbonyl (C=O) groups is 1. The van der Waals surface area contributed by atoms with Crippen LogP contribution in [-0.4, -0.2) is 12.5 Å². The standard InChI is InChI=1S/C11H10F3NO2/c1-6-5-17-9-7(11(12,13)14)3-2-4-8(9)15-10(6)16/h2-4,6H,5H2,1H3,(H,15,16). The van der Waals surface area contributed by atoms with Crippen molar-refractivity contribution in [2.75, 3.05) is 11.9 Å². The number of ether oxygens (including phenoxy) is 1. The lowest BCUT2D eigenvalue weighted by Gasteiger charge is -2.14. The van der Waals surface area contributed by atoms with E-state index in [1.807, 2.05) is 0 Å². The Morgan fingerprint density at radius 3 is 2.76 bits per heavy atom. The lowest BCUT2D eigenvalue weighted by Crippen LogP contribution is -2.21. The third kappa shape index (κ3) is 2.20. The fourth-order valence-electron chi connectivity index (χ4n) is 1.55. The highest BCUT2D eigenvalue weighted by Crippen LogP contribution is 2.41. The van der Waals surface area contributed by atoms with Gasteiger partial charge in [0.25, 0.3) is 0 Å². The molecule has 0 radical (unpaired) electrons. The van der Waals surface area contributed by atoms with Crippen LogP contribution < -0.4 is 10.1 Å². The van der Waals surface area contributed by atoms with Gasteiger partial charge >= 0.3 is 6.18 Å². The summed E-state index contributed by atoms with van der Waals surface area (Å²) in [4.78, 5) is 11.5. The van der Waals surface area contributed by atoms with E-state index in [1.165, 1.54) is 12.1 Å². The van der Waals surface area contributed by atoms with Crippen LogP contribution in [0.25, 0.3) is 0 Å². The predicted octanol–water partition coefficient (Wildman–Crippen LogP) is 2.67. The first-order valence-electron chi connectivity index (χ1n) is 5.03. The molecule has 3 nitrogen and oxygen atoms in total. The molecule has 0 bridgehead atoms. The SMILES string of the molecule is CC1COc2c(cccc2C(F)(F)F)NC1=O. The number of alkyl halides is 3. The Morgan fingerprint density at radius 1 is 1.41 bits per heavy atom. The van der Waals surface area contributed by atoms with Crippen LogP contribution in [0.3, 0.4) is 0 Å². The van der Waals surface area contributed by atoms with Gasteiger partial charge in [-0.2, -0.15) is 13.2 Å². The summed E-state index contributed by atoms with van der Waals surface area (Å²) in [5, 5.41) is 2.42. The zero-order chi connectivity index (χ0) is 12.6. The molecular weight excluding hydrogens is 235 g/mol. The van der Waals surface area contributed by atoms with Gasteiger partial charge in [0.05, 0.1) is 23.8 Å². The quantitative estimate of drug-likeness (QED) is 0.763. The first-order valence-corrected chi connectivity index (χ1v) is 5.03. The van der Waals surface area contributed by atoms with Crippen LogP contribution in [-0.2, 0) is 11.0 Å². The van der Waals surface area contributed by atoms with E-state index in [0.29, 0.717) is 0 Å². The van der Waals surface area contributed by atoms with Gasteiger partial charge in [-0.1, -0.05) is 13.0 Å².